The Morgan fingerprint density at radius 2 is 1.91 bits per heavy atom. The van der Waals surface area contributed by atoms with Crippen LogP contribution in [0.4, 0.5) is 0 Å². The van der Waals surface area contributed by atoms with E-state index in [1.54, 1.807) is 13.0 Å². The van der Waals surface area contributed by atoms with E-state index in [4.69, 9.17) is 9.47 Å². The van der Waals surface area contributed by atoms with Crippen molar-refractivity contribution < 1.29 is 26.3 Å². The maximum atomic E-state index is 12.6. The number of ether oxygens (including phenoxy) is 2. The van der Waals surface area contributed by atoms with Gasteiger partial charge in [-0.05, 0) is 25.5 Å². The van der Waals surface area contributed by atoms with Gasteiger partial charge in [0.1, 0.15) is 16.4 Å². The third kappa shape index (κ3) is 3.53. The largest absolute Gasteiger partial charge is 0.497 e. The van der Waals surface area contributed by atoms with Crippen LogP contribution in [0.2, 0.25) is 0 Å². The van der Waals surface area contributed by atoms with E-state index in [1.807, 2.05) is 0 Å². The van der Waals surface area contributed by atoms with Crippen molar-refractivity contribution in [3.05, 3.63) is 18.2 Å². The minimum atomic E-state index is -3.95. The van der Waals surface area contributed by atoms with Crippen molar-refractivity contribution in [1.29, 1.82) is 0 Å². The molecule has 0 amide bonds. The number of sulfonamides is 1. The molecule has 1 fully saturated rings. The second kappa shape index (κ2) is 5.71. The lowest BCUT2D eigenvalue weighted by Crippen LogP contribution is -2.46. The third-order valence-electron chi connectivity index (χ3n) is 3.54. The zero-order valence-corrected chi connectivity index (χ0v) is 14.3. The number of hydrogen-bond acceptors (Lipinski definition) is 6. The highest BCUT2D eigenvalue weighted by Crippen LogP contribution is 2.31. The van der Waals surface area contributed by atoms with E-state index in [2.05, 4.69) is 4.72 Å². The number of hydrogen-bond donors (Lipinski definition) is 1. The summed E-state index contributed by atoms with van der Waals surface area (Å²) in [6.07, 6.45) is 0.237. The summed E-state index contributed by atoms with van der Waals surface area (Å²) in [6, 6.07) is 4.41. The van der Waals surface area contributed by atoms with Gasteiger partial charge < -0.3 is 9.47 Å². The summed E-state index contributed by atoms with van der Waals surface area (Å²) in [7, 11) is -4.38. The molecule has 0 aliphatic carbocycles. The first kappa shape index (κ1) is 17.0. The fraction of sp³-hybridized carbons (Fsp3) is 0.538. The second-order valence-corrected chi connectivity index (χ2v) is 9.36. The van der Waals surface area contributed by atoms with Crippen LogP contribution >= 0.6 is 0 Å². The minimum Gasteiger partial charge on any atom is -0.497 e. The average molecular weight is 349 g/mol. The molecular formula is C13H19NO6S2. The first-order valence-corrected chi connectivity index (χ1v) is 9.88. The summed E-state index contributed by atoms with van der Waals surface area (Å²) >= 11 is 0. The van der Waals surface area contributed by atoms with E-state index in [9.17, 15) is 16.8 Å². The molecule has 1 aliphatic rings. The quantitative estimate of drug-likeness (QED) is 0.834. The lowest BCUT2D eigenvalue weighted by molar-refractivity contribution is 0.390. The van der Waals surface area contributed by atoms with Crippen LogP contribution in [0.3, 0.4) is 0 Å². The summed E-state index contributed by atoms with van der Waals surface area (Å²) in [6.45, 7) is 1.59. The van der Waals surface area contributed by atoms with Crippen molar-refractivity contribution in [1.82, 2.24) is 4.72 Å². The first-order chi connectivity index (χ1) is 10.1. The van der Waals surface area contributed by atoms with Gasteiger partial charge in [0.2, 0.25) is 10.0 Å². The van der Waals surface area contributed by atoms with Gasteiger partial charge in [0.15, 0.2) is 9.84 Å². The molecule has 7 nitrogen and oxygen atoms in total. The van der Waals surface area contributed by atoms with Crippen molar-refractivity contribution in [2.75, 3.05) is 25.7 Å². The predicted octanol–water partition coefficient (Wildman–Crippen LogP) is 0.559. The highest BCUT2D eigenvalue weighted by molar-refractivity contribution is 7.92. The molecule has 2 rings (SSSR count). The van der Waals surface area contributed by atoms with E-state index >= 15 is 0 Å². The summed E-state index contributed by atoms with van der Waals surface area (Å²) in [5.74, 6) is 0.287. The molecule has 1 aromatic carbocycles. The maximum Gasteiger partial charge on any atom is 0.244 e. The smallest absolute Gasteiger partial charge is 0.244 e. The van der Waals surface area contributed by atoms with Crippen LogP contribution < -0.4 is 14.2 Å². The number of sulfone groups is 1. The molecule has 0 aromatic heterocycles. The van der Waals surface area contributed by atoms with Crippen molar-refractivity contribution >= 4 is 19.9 Å². The first-order valence-electron chi connectivity index (χ1n) is 6.57. The van der Waals surface area contributed by atoms with E-state index in [-0.39, 0.29) is 28.6 Å². The van der Waals surface area contributed by atoms with Gasteiger partial charge in [-0.2, -0.15) is 0 Å². The Morgan fingerprint density at radius 3 is 2.41 bits per heavy atom. The van der Waals surface area contributed by atoms with E-state index in [0.29, 0.717) is 5.75 Å². The van der Waals surface area contributed by atoms with Gasteiger partial charge in [0, 0.05) is 11.6 Å². The fourth-order valence-electron chi connectivity index (χ4n) is 2.46. The average Bonchev–Trinajstić information content (AvgIpc) is 2.70. The summed E-state index contributed by atoms with van der Waals surface area (Å²) in [4.78, 5) is -0.0835. The van der Waals surface area contributed by atoms with Crippen LogP contribution in [0.5, 0.6) is 11.5 Å². The highest BCUT2D eigenvalue weighted by atomic mass is 32.2. The van der Waals surface area contributed by atoms with E-state index in [0.717, 1.165) is 0 Å². The van der Waals surface area contributed by atoms with Gasteiger partial charge in [0.25, 0.3) is 0 Å². The molecule has 1 saturated heterocycles. The van der Waals surface area contributed by atoms with Gasteiger partial charge in [-0.25, -0.2) is 21.6 Å². The molecule has 0 bridgehead atoms. The van der Waals surface area contributed by atoms with Gasteiger partial charge in [-0.15, -0.1) is 0 Å². The molecule has 0 spiro atoms. The van der Waals surface area contributed by atoms with E-state index in [1.165, 1.54) is 26.4 Å². The monoisotopic (exact) mass is 349 g/mol. The van der Waals surface area contributed by atoms with Crippen molar-refractivity contribution in [2.24, 2.45) is 0 Å². The van der Waals surface area contributed by atoms with Crippen LogP contribution in [0.1, 0.15) is 13.3 Å². The lowest BCUT2D eigenvalue weighted by atomic mass is 10.0. The van der Waals surface area contributed by atoms with Gasteiger partial charge in [-0.1, -0.05) is 0 Å². The topological polar surface area (TPSA) is 98.8 Å². The zero-order chi connectivity index (χ0) is 16.6. The van der Waals surface area contributed by atoms with Crippen LogP contribution in [-0.2, 0) is 19.9 Å². The van der Waals surface area contributed by atoms with Crippen molar-refractivity contribution in [3.8, 4) is 11.5 Å². The molecule has 1 N–H and O–H groups in total. The summed E-state index contributed by atoms with van der Waals surface area (Å²) in [5, 5.41) is 0. The third-order valence-corrected chi connectivity index (χ3v) is 7.11. The summed E-state index contributed by atoms with van der Waals surface area (Å²) in [5.41, 5.74) is -1.02. The summed E-state index contributed by atoms with van der Waals surface area (Å²) < 4.78 is 61.0. The molecule has 0 unspecified atom stereocenters. The Hall–Kier alpha value is -1.32. The number of benzene rings is 1. The lowest BCUT2D eigenvalue weighted by Gasteiger charge is -2.24. The van der Waals surface area contributed by atoms with Crippen LogP contribution in [0.25, 0.3) is 0 Å². The van der Waals surface area contributed by atoms with Crippen molar-refractivity contribution in [3.63, 3.8) is 0 Å². The highest BCUT2D eigenvalue weighted by Gasteiger charge is 2.42. The molecule has 1 aromatic rings. The van der Waals surface area contributed by atoms with Crippen LogP contribution in [-0.4, -0.2) is 48.1 Å². The maximum absolute atomic E-state index is 12.6. The molecule has 0 saturated carbocycles. The van der Waals surface area contributed by atoms with Gasteiger partial charge in [0.05, 0.1) is 25.7 Å². The fourth-order valence-corrected chi connectivity index (χ4v) is 6.27. The predicted molar refractivity (Wildman–Crippen MR) is 81.5 cm³/mol. The number of rotatable bonds is 5. The van der Waals surface area contributed by atoms with Crippen LogP contribution in [0.15, 0.2) is 23.1 Å². The van der Waals surface area contributed by atoms with E-state index < -0.39 is 25.4 Å². The Balaban J connectivity index is 2.39. The molecule has 22 heavy (non-hydrogen) atoms. The SMILES string of the molecule is COc1ccc(OC)c(S(=O)(=O)N[C@]2(C)CCS(=O)(=O)C2)c1. The minimum absolute atomic E-state index is 0.0265. The van der Waals surface area contributed by atoms with Gasteiger partial charge >= 0.3 is 0 Å². The van der Waals surface area contributed by atoms with Crippen molar-refractivity contribution in [2.45, 2.75) is 23.8 Å². The standard InChI is InChI=1S/C13H19NO6S2/c1-13(6-7-21(15,16)9-13)14-22(17,18)12-8-10(19-2)4-5-11(12)20-3/h4-5,8,14H,6-7,9H2,1-3H3/t13-/m1/s1. The van der Waals surface area contributed by atoms with Crippen LogP contribution in [0, 0.1) is 0 Å². The Morgan fingerprint density at radius 1 is 1.23 bits per heavy atom. The molecule has 0 radical (unpaired) electrons. The van der Waals surface area contributed by atoms with Gasteiger partial charge in [-0.3, -0.25) is 0 Å². The molecular weight excluding hydrogens is 330 g/mol. The zero-order valence-electron chi connectivity index (χ0n) is 12.6. The molecule has 1 aliphatic heterocycles. The Bertz CT molecular complexity index is 772. The molecule has 1 heterocycles. The Labute approximate surface area is 130 Å². The number of nitrogens with one attached hydrogen (secondary N) is 1. The Kier molecular flexibility index (Phi) is 4.42. The molecule has 9 heteroatoms. The molecule has 1 atom stereocenters. The second-order valence-electron chi connectivity index (χ2n) is 5.52. The molecule has 124 valence electrons. The number of methoxy groups -OCH3 is 2. The normalized spacial score (nSPS) is 24.1.